The average Bonchev–Trinajstić information content (AvgIpc) is 2.31. The molecular formula is C6H9BrN2S. The molecule has 2 N–H and O–H groups in total. The number of hydrogen-bond donors (Lipinski definition) is 2. The Hall–Kier alpha value is -0.0600. The van der Waals surface area contributed by atoms with Crippen molar-refractivity contribution in [2.45, 2.75) is 0 Å². The maximum Gasteiger partial charge on any atom is 0.0904 e. The first-order chi connectivity index (χ1) is 4.83. The zero-order valence-electron chi connectivity index (χ0n) is 5.65. The summed E-state index contributed by atoms with van der Waals surface area (Å²) in [4.78, 5) is 0. The smallest absolute Gasteiger partial charge is 0.0904 e. The van der Waals surface area contributed by atoms with Crippen LogP contribution in [-0.2, 0) is 0 Å². The Bertz CT molecular complexity index is 199. The van der Waals surface area contributed by atoms with E-state index in [1.807, 2.05) is 7.05 Å². The molecule has 0 atom stereocenters. The molecule has 0 spiro atoms. The standard InChI is InChI=1S/C6H9BrN2S/c1-8-4-9-6-2-5(7)3-10-6/h2-3,8-9H,4H2,1H3. The number of rotatable bonds is 3. The van der Waals surface area contributed by atoms with Crippen LogP contribution in [0.25, 0.3) is 0 Å². The lowest BCUT2D eigenvalue weighted by Gasteiger charge is -1.98. The van der Waals surface area contributed by atoms with Gasteiger partial charge in [-0.3, -0.25) is 0 Å². The van der Waals surface area contributed by atoms with E-state index in [9.17, 15) is 0 Å². The fourth-order valence-electron chi connectivity index (χ4n) is 0.581. The van der Waals surface area contributed by atoms with Crippen LogP contribution in [0.2, 0.25) is 0 Å². The quantitative estimate of drug-likeness (QED) is 0.764. The van der Waals surface area contributed by atoms with Gasteiger partial charge >= 0.3 is 0 Å². The van der Waals surface area contributed by atoms with Gasteiger partial charge in [0.25, 0.3) is 0 Å². The van der Waals surface area contributed by atoms with E-state index in [0.717, 1.165) is 11.1 Å². The number of nitrogens with one attached hydrogen (secondary N) is 2. The highest BCUT2D eigenvalue weighted by atomic mass is 79.9. The average molecular weight is 221 g/mol. The van der Waals surface area contributed by atoms with Gasteiger partial charge in [0, 0.05) is 9.85 Å². The van der Waals surface area contributed by atoms with Crippen molar-refractivity contribution in [2.24, 2.45) is 0 Å². The molecule has 0 saturated heterocycles. The largest absolute Gasteiger partial charge is 0.364 e. The third-order valence-corrected chi connectivity index (χ3v) is 2.66. The second-order valence-electron chi connectivity index (χ2n) is 1.84. The maximum atomic E-state index is 3.37. The van der Waals surface area contributed by atoms with Gasteiger partial charge in [-0.15, -0.1) is 11.3 Å². The highest BCUT2D eigenvalue weighted by Crippen LogP contribution is 2.23. The molecule has 4 heteroatoms. The number of anilines is 1. The SMILES string of the molecule is CNCNc1cc(Br)cs1. The van der Waals surface area contributed by atoms with E-state index < -0.39 is 0 Å². The molecule has 56 valence electrons. The van der Waals surface area contributed by atoms with Gasteiger partial charge in [-0.05, 0) is 29.0 Å². The van der Waals surface area contributed by atoms with Crippen molar-refractivity contribution in [3.8, 4) is 0 Å². The third kappa shape index (κ3) is 2.28. The van der Waals surface area contributed by atoms with Crippen molar-refractivity contribution in [1.82, 2.24) is 5.32 Å². The van der Waals surface area contributed by atoms with Crippen LogP contribution in [0.1, 0.15) is 0 Å². The van der Waals surface area contributed by atoms with Gasteiger partial charge in [0.1, 0.15) is 0 Å². The molecule has 0 amide bonds. The lowest BCUT2D eigenvalue weighted by atomic mass is 10.6. The first-order valence-corrected chi connectivity index (χ1v) is 4.62. The van der Waals surface area contributed by atoms with Crippen molar-refractivity contribution in [3.05, 3.63) is 15.9 Å². The Labute approximate surface area is 72.8 Å². The molecule has 0 fully saturated rings. The minimum atomic E-state index is 0.812. The van der Waals surface area contributed by atoms with E-state index in [1.165, 1.54) is 5.00 Å². The minimum absolute atomic E-state index is 0.812. The van der Waals surface area contributed by atoms with Crippen LogP contribution >= 0.6 is 27.3 Å². The first-order valence-electron chi connectivity index (χ1n) is 2.95. The fraction of sp³-hybridized carbons (Fsp3) is 0.333. The van der Waals surface area contributed by atoms with Crippen LogP contribution in [0, 0.1) is 0 Å². The van der Waals surface area contributed by atoms with Gasteiger partial charge in [0.2, 0.25) is 0 Å². The second-order valence-corrected chi connectivity index (χ2v) is 3.66. The summed E-state index contributed by atoms with van der Waals surface area (Å²) in [5.41, 5.74) is 0. The molecule has 0 unspecified atom stereocenters. The first kappa shape index (κ1) is 8.04. The summed E-state index contributed by atoms with van der Waals surface area (Å²) in [6, 6.07) is 2.06. The normalized spacial score (nSPS) is 9.80. The summed E-state index contributed by atoms with van der Waals surface area (Å²) >= 11 is 5.07. The van der Waals surface area contributed by atoms with Gasteiger partial charge in [-0.1, -0.05) is 0 Å². The third-order valence-electron chi connectivity index (χ3n) is 1.01. The molecule has 1 aromatic rings. The Morgan fingerprint density at radius 3 is 3.00 bits per heavy atom. The summed E-state index contributed by atoms with van der Waals surface area (Å²) in [5, 5.41) is 9.43. The van der Waals surface area contributed by atoms with E-state index >= 15 is 0 Å². The van der Waals surface area contributed by atoms with E-state index in [2.05, 4.69) is 38.0 Å². The van der Waals surface area contributed by atoms with Gasteiger partial charge in [0.15, 0.2) is 0 Å². The van der Waals surface area contributed by atoms with Crippen LogP contribution in [0.3, 0.4) is 0 Å². The molecule has 0 aliphatic heterocycles. The zero-order chi connectivity index (χ0) is 7.40. The summed E-state index contributed by atoms with van der Waals surface area (Å²) in [6.45, 7) is 0.812. The lowest BCUT2D eigenvalue weighted by molar-refractivity contribution is 0.877. The Balaban J connectivity index is 2.42. The minimum Gasteiger partial charge on any atom is -0.364 e. The monoisotopic (exact) mass is 220 g/mol. The van der Waals surface area contributed by atoms with Crippen LogP contribution in [0.15, 0.2) is 15.9 Å². The van der Waals surface area contributed by atoms with E-state index in [0.29, 0.717) is 0 Å². The molecule has 1 rings (SSSR count). The second kappa shape index (κ2) is 3.95. The molecular weight excluding hydrogens is 212 g/mol. The summed E-state index contributed by atoms with van der Waals surface area (Å²) < 4.78 is 1.14. The van der Waals surface area contributed by atoms with Crippen molar-refractivity contribution in [2.75, 3.05) is 19.0 Å². The highest BCUT2D eigenvalue weighted by Gasteiger charge is 1.93. The molecule has 1 aromatic heterocycles. The molecule has 0 radical (unpaired) electrons. The van der Waals surface area contributed by atoms with Crippen LogP contribution in [-0.4, -0.2) is 13.7 Å². The van der Waals surface area contributed by atoms with Crippen molar-refractivity contribution in [1.29, 1.82) is 0 Å². The number of hydrogen-bond acceptors (Lipinski definition) is 3. The molecule has 0 aliphatic rings. The fourth-order valence-corrected chi connectivity index (χ4v) is 1.90. The van der Waals surface area contributed by atoms with E-state index in [4.69, 9.17) is 0 Å². The maximum absolute atomic E-state index is 3.37. The van der Waals surface area contributed by atoms with Crippen molar-refractivity contribution in [3.63, 3.8) is 0 Å². The van der Waals surface area contributed by atoms with Gasteiger partial charge in [-0.25, -0.2) is 0 Å². The predicted molar refractivity (Wildman–Crippen MR) is 49.6 cm³/mol. The van der Waals surface area contributed by atoms with Gasteiger partial charge < -0.3 is 10.6 Å². The van der Waals surface area contributed by atoms with Crippen molar-refractivity contribution >= 4 is 32.3 Å². The summed E-state index contributed by atoms with van der Waals surface area (Å²) in [6.07, 6.45) is 0. The topological polar surface area (TPSA) is 24.1 Å². The van der Waals surface area contributed by atoms with Gasteiger partial charge in [0.05, 0.1) is 11.7 Å². The number of halogens is 1. The predicted octanol–water partition coefficient (Wildman–Crippen LogP) is 2.10. The molecule has 10 heavy (non-hydrogen) atoms. The Kier molecular flexibility index (Phi) is 3.18. The lowest BCUT2D eigenvalue weighted by Crippen LogP contribution is -2.15. The molecule has 0 aliphatic carbocycles. The summed E-state index contributed by atoms with van der Waals surface area (Å²) in [5.74, 6) is 0. The van der Waals surface area contributed by atoms with Gasteiger partial charge in [-0.2, -0.15) is 0 Å². The molecule has 2 nitrogen and oxygen atoms in total. The molecule has 0 saturated carbocycles. The van der Waals surface area contributed by atoms with Crippen LogP contribution in [0.5, 0.6) is 0 Å². The van der Waals surface area contributed by atoms with Crippen molar-refractivity contribution < 1.29 is 0 Å². The van der Waals surface area contributed by atoms with Crippen LogP contribution in [0.4, 0.5) is 5.00 Å². The molecule has 0 aromatic carbocycles. The van der Waals surface area contributed by atoms with E-state index in [-0.39, 0.29) is 0 Å². The Morgan fingerprint density at radius 2 is 2.50 bits per heavy atom. The zero-order valence-corrected chi connectivity index (χ0v) is 8.05. The van der Waals surface area contributed by atoms with E-state index in [1.54, 1.807) is 11.3 Å². The number of thiophene rings is 1. The summed E-state index contributed by atoms with van der Waals surface area (Å²) in [7, 11) is 1.91. The highest BCUT2D eigenvalue weighted by molar-refractivity contribution is 9.10. The Morgan fingerprint density at radius 1 is 1.70 bits per heavy atom. The molecule has 0 bridgehead atoms. The van der Waals surface area contributed by atoms with Crippen LogP contribution < -0.4 is 10.6 Å². The molecule has 1 heterocycles.